The molecule has 19 heavy (non-hydrogen) atoms. The van der Waals surface area contributed by atoms with Crippen molar-refractivity contribution < 1.29 is 9.53 Å². The van der Waals surface area contributed by atoms with Crippen molar-refractivity contribution in [3.8, 4) is 0 Å². The van der Waals surface area contributed by atoms with Crippen molar-refractivity contribution in [1.29, 1.82) is 0 Å². The maximum absolute atomic E-state index is 12.4. The number of hydrogen-bond donors (Lipinski definition) is 1. The molecule has 2 heterocycles. The van der Waals surface area contributed by atoms with Crippen LogP contribution in [0.15, 0.2) is 12.1 Å². The van der Waals surface area contributed by atoms with Crippen molar-refractivity contribution in [3.05, 3.63) is 21.3 Å². The Hall–Kier alpha value is -0.620. The number of nitrogens with zero attached hydrogens (tertiary/aromatic N) is 1. The smallest absolute Gasteiger partial charge is 0.229 e. The van der Waals surface area contributed by atoms with Crippen LogP contribution in [-0.2, 0) is 16.1 Å². The Morgan fingerprint density at radius 1 is 1.58 bits per heavy atom. The van der Waals surface area contributed by atoms with E-state index in [1.165, 1.54) is 11.3 Å². The minimum atomic E-state index is -0.0830. The number of ether oxygens (including phenoxy) is 1. The van der Waals surface area contributed by atoms with Gasteiger partial charge in [0.05, 0.1) is 30.0 Å². The molecule has 0 aliphatic carbocycles. The number of rotatable bonds is 5. The van der Waals surface area contributed by atoms with Crippen LogP contribution < -0.4 is 5.32 Å². The highest BCUT2D eigenvalue weighted by atomic mass is 35.5. The summed E-state index contributed by atoms with van der Waals surface area (Å²) in [7, 11) is 1.83. The molecule has 1 aromatic rings. The Bertz CT molecular complexity index is 438. The number of thiophene rings is 1. The first-order valence-corrected chi connectivity index (χ1v) is 7.61. The molecule has 1 aliphatic rings. The fourth-order valence-corrected chi connectivity index (χ4v) is 3.43. The molecule has 0 saturated carbocycles. The van der Waals surface area contributed by atoms with E-state index >= 15 is 0 Å². The molecule has 6 heteroatoms. The van der Waals surface area contributed by atoms with Gasteiger partial charge in [-0.1, -0.05) is 18.5 Å². The molecule has 0 aromatic carbocycles. The molecule has 1 N–H and O–H groups in total. The van der Waals surface area contributed by atoms with Gasteiger partial charge >= 0.3 is 0 Å². The minimum Gasteiger partial charge on any atom is -0.379 e. The highest BCUT2D eigenvalue weighted by Crippen LogP contribution is 2.23. The first-order valence-electron chi connectivity index (χ1n) is 6.42. The molecular weight excluding hydrogens is 284 g/mol. The van der Waals surface area contributed by atoms with Crippen LogP contribution in [-0.4, -0.2) is 43.7 Å². The summed E-state index contributed by atoms with van der Waals surface area (Å²) in [6.07, 6.45) is 0. The Morgan fingerprint density at radius 3 is 3.00 bits per heavy atom. The van der Waals surface area contributed by atoms with Crippen LogP contribution >= 0.6 is 22.9 Å². The van der Waals surface area contributed by atoms with Crippen LogP contribution in [0.3, 0.4) is 0 Å². The third-order valence-corrected chi connectivity index (χ3v) is 4.48. The number of carbonyl (C=O) groups excluding carboxylic acids is 1. The van der Waals surface area contributed by atoms with Gasteiger partial charge in [-0.25, -0.2) is 0 Å². The third-order valence-electron chi connectivity index (χ3n) is 3.26. The number of amides is 1. The Balaban J connectivity index is 1.94. The summed E-state index contributed by atoms with van der Waals surface area (Å²) in [6.45, 7) is 4.61. The van der Waals surface area contributed by atoms with E-state index in [4.69, 9.17) is 16.3 Å². The lowest BCUT2D eigenvalue weighted by Crippen LogP contribution is -2.44. The van der Waals surface area contributed by atoms with Gasteiger partial charge in [-0.2, -0.15) is 0 Å². The molecule has 1 amide bonds. The molecule has 106 valence electrons. The van der Waals surface area contributed by atoms with Gasteiger partial charge in [-0.05, 0) is 18.7 Å². The lowest BCUT2D eigenvalue weighted by Gasteiger charge is -2.23. The summed E-state index contributed by atoms with van der Waals surface area (Å²) in [6, 6.07) is 3.95. The largest absolute Gasteiger partial charge is 0.379 e. The molecule has 1 aliphatic heterocycles. The van der Waals surface area contributed by atoms with E-state index in [1.807, 2.05) is 26.1 Å². The average Bonchev–Trinajstić information content (AvgIpc) is 2.98. The lowest BCUT2D eigenvalue weighted by molar-refractivity contribution is -0.135. The molecule has 1 fully saturated rings. The number of nitrogens with one attached hydrogen (secondary N) is 1. The summed E-state index contributed by atoms with van der Waals surface area (Å²) < 4.78 is 6.17. The summed E-state index contributed by atoms with van der Waals surface area (Å²) in [5, 5.41) is 3.31. The minimum absolute atomic E-state index is 0.0830. The van der Waals surface area contributed by atoms with Gasteiger partial charge in [0.15, 0.2) is 0 Å². The van der Waals surface area contributed by atoms with E-state index in [0.717, 1.165) is 15.8 Å². The van der Waals surface area contributed by atoms with Crippen LogP contribution in [0.1, 0.15) is 11.8 Å². The zero-order valence-corrected chi connectivity index (χ0v) is 12.8. The normalized spacial score (nSPS) is 22.7. The topological polar surface area (TPSA) is 41.6 Å². The Labute approximate surface area is 122 Å². The van der Waals surface area contributed by atoms with Crippen molar-refractivity contribution >= 4 is 28.8 Å². The first kappa shape index (κ1) is 14.8. The second-order valence-electron chi connectivity index (χ2n) is 4.71. The Kier molecular flexibility index (Phi) is 5.21. The second-order valence-corrected chi connectivity index (χ2v) is 6.51. The maximum atomic E-state index is 12.4. The van der Waals surface area contributed by atoms with Crippen molar-refractivity contribution in [1.82, 2.24) is 10.2 Å². The van der Waals surface area contributed by atoms with Gasteiger partial charge in [0.2, 0.25) is 5.91 Å². The molecule has 1 saturated heterocycles. The van der Waals surface area contributed by atoms with Gasteiger partial charge in [-0.3, -0.25) is 4.79 Å². The van der Waals surface area contributed by atoms with Crippen molar-refractivity contribution in [3.63, 3.8) is 0 Å². The molecule has 0 spiro atoms. The third kappa shape index (κ3) is 3.69. The fourth-order valence-electron chi connectivity index (χ4n) is 2.29. The molecule has 2 unspecified atom stereocenters. The van der Waals surface area contributed by atoms with Gasteiger partial charge in [0, 0.05) is 18.0 Å². The quantitative estimate of drug-likeness (QED) is 0.904. The highest BCUT2D eigenvalue weighted by molar-refractivity contribution is 7.16. The lowest BCUT2D eigenvalue weighted by atomic mass is 10.0. The molecule has 4 nitrogen and oxygen atoms in total. The predicted octanol–water partition coefficient (Wildman–Crippen LogP) is 1.98. The molecular formula is C13H19ClN2O2S. The maximum Gasteiger partial charge on any atom is 0.229 e. The van der Waals surface area contributed by atoms with Crippen LogP contribution in [0.4, 0.5) is 0 Å². The molecule has 0 radical (unpaired) electrons. The van der Waals surface area contributed by atoms with Gasteiger partial charge in [0.1, 0.15) is 0 Å². The van der Waals surface area contributed by atoms with E-state index in [-0.39, 0.29) is 17.9 Å². The van der Waals surface area contributed by atoms with E-state index in [2.05, 4.69) is 5.32 Å². The number of halogens is 1. The van der Waals surface area contributed by atoms with E-state index in [0.29, 0.717) is 19.8 Å². The van der Waals surface area contributed by atoms with Crippen LogP contribution in [0.5, 0.6) is 0 Å². The van der Waals surface area contributed by atoms with Crippen molar-refractivity contribution in [2.24, 2.45) is 5.92 Å². The van der Waals surface area contributed by atoms with Crippen LogP contribution in [0, 0.1) is 5.92 Å². The standard InChI is InChI=1S/C13H19ClN2O2S/c1-3-15-11-8-18-7-10(11)13(17)16(2)6-9-4-5-12(14)19-9/h4-5,10-11,15H,3,6-8H2,1-2H3. The van der Waals surface area contributed by atoms with Crippen LogP contribution in [0.25, 0.3) is 0 Å². The zero-order chi connectivity index (χ0) is 13.8. The molecule has 0 bridgehead atoms. The average molecular weight is 303 g/mol. The monoisotopic (exact) mass is 302 g/mol. The zero-order valence-electron chi connectivity index (χ0n) is 11.2. The summed E-state index contributed by atoms with van der Waals surface area (Å²) >= 11 is 7.41. The van der Waals surface area contributed by atoms with Crippen molar-refractivity contribution in [2.75, 3.05) is 26.8 Å². The summed E-state index contributed by atoms with van der Waals surface area (Å²) in [5.41, 5.74) is 0. The van der Waals surface area contributed by atoms with E-state index in [9.17, 15) is 4.79 Å². The second kappa shape index (κ2) is 6.70. The van der Waals surface area contributed by atoms with Gasteiger partial charge in [0.25, 0.3) is 0 Å². The van der Waals surface area contributed by atoms with Crippen molar-refractivity contribution in [2.45, 2.75) is 19.5 Å². The number of hydrogen-bond acceptors (Lipinski definition) is 4. The molecule has 2 atom stereocenters. The molecule has 1 aromatic heterocycles. The number of carbonyl (C=O) groups is 1. The van der Waals surface area contributed by atoms with Gasteiger partial charge < -0.3 is 15.0 Å². The van der Waals surface area contributed by atoms with E-state index in [1.54, 1.807) is 4.90 Å². The predicted molar refractivity (Wildman–Crippen MR) is 77.6 cm³/mol. The first-order chi connectivity index (χ1) is 9.11. The van der Waals surface area contributed by atoms with Gasteiger partial charge in [-0.15, -0.1) is 11.3 Å². The summed E-state index contributed by atoms with van der Waals surface area (Å²) in [5.74, 6) is 0.0494. The Morgan fingerprint density at radius 2 is 2.37 bits per heavy atom. The number of likely N-dealkylation sites (N-methyl/N-ethyl adjacent to an activating group) is 1. The highest BCUT2D eigenvalue weighted by Gasteiger charge is 2.35. The SMILES string of the molecule is CCNC1COCC1C(=O)N(C)Cc1ccc(Cl)s1. The fraction of sp³-hybridized carbons (Fsp3) is 0.615. The van der Waals surface area contributed by atoms with Crippen LogP contribution in [0.2, 0.25) is 4.34 Å². The van der Waals surface area contributed by atoms with E-state index < -0.39 is 0 Å². The summed E-state index contributed by atoms with van der Waals surface area (Å²) in [4.78, 5) is 15.3. The molecule has 2 rings (SSSR count).